The zero-order valence-corrected chi connectivity index (χ0v) is 11.6. The van der Waals surface area contributed by atoms with Gasteiger partial charge in [0, 0.05) is 13.6 Å². The average Bonchev–Trinajstić information content (AvgIpc) is 3.19. The molecular formula is C15H18N2O2. The first kappa shape index (κ1) is 13.4. The second-order valence-corrected chi connectivity index (χ2v) is 5.16. The Bertz CT molecular complexity index is 542. The summed E-state index contributed by atoms with van der Waals surface area (Å²) in [5.74, 6) is 0.775. The molecule has 0 saturated heterocycles. The largest absolute Gasteiger partial charge is 0.496 e. The number of carbonyl (C=O) groups excluding carboxylic acids is 1. The minimum Gasteiger partial charge on any atom is -0.496 e. The summed E-state index contributed by atoms with van der Waals surface area (Å²) in [4.78, 5) is 13.8. The van der Waals surface area contributed by atoms with Gasteiger partial charge in [-0.1, -0.05) is 12.1 Å². The van der Waals surface area contributed by atoms with Gasteiger partial charge in [0.15, 0.2) is 0 Å². The highest BCUT2D eigenvalue weighted by Crippen LogP contribution is 2.46. The summed E-state index contributed by atoms with van der Waals surface area (Å²) in [6.07, 6.45) is 1.38. The molecule has 1 aromatic carbocycles. The molecule has 1 aromatic rings. The zero-order valence-electron chi connectivity index (χ0n) is 11.6. The highest BCUT2D eigenvalue weighted by atomic mass is 16.5. The number of benzene rings is 1. The second-order valence-electron chi connectivity index (χ2n) is 5.16. The van der Waals surface area contributed by atoms with Crippen LogP contribution >= 0.6 is 0 Å². The van der Waals surface area contributed by atoms with Crippen molar-refractivity contribution in [2.24, 2.45) is 5.41 Å². The van der Waals surface area contributed by atoms with Gasteiger partial charge in [0.2, 0.25) is 5.91 Å². The minimum absolute atomic E-state index is 0.0662. The van der Waals surface area contributed by atoms with Crippen LogP contribution in [0.25, 0.3) is 0 Å². The third kappa shape index (κ3) is 2.55. The van der Waals surface area contributed by atoms with Crippen molar-refractivity contribution >= 4 is 5.91 Å². The lowest BCUT2D eigenvalue weighted by Gasteiger charge is -2.20. The lowest BCUT2D eigenvalue weighted by atomic mass is 10.1. The monoisotopic (exact) mass is 258 g/mol. The van der Waals surface area contributed by atoms with Crippen molar-refractivity contribution in [3.05, 3.63) is 29.3 Å². The Hall–Kier alpha value is -2.02. The van der Waals surface area contributed by atoms with E-state index in [4.69, 9.17) is 10.00 Å². The van der Waals surface area contributed by atoms with E-state index in [1.54, 1.807) is 19.1 Å². The van der Waals surface area contributed by atoms with Gasteiger partial charge in [0.25, 0.3) is 0 Å². The smallest absolute Gasteiger partial charge is 0.243 e. The van der Waals surface area contributed by atoms with E-state index >= 15 is 0 Å². The number of hydrogen-bond acceptors (Lipinski definition) is 3. The molecule has 4 heteroatoms. The van der Waals surface area contributed by atoms with Gasteiger partial charge in [0.05, 0.1) is 13.2 Å². The van der Waals surface area contributed by atoms with E-state index in [0.29, 0.717) is 19.4 Å². The Labute approximate surface area is 113 Å². The van der Waals surface area contributed by atoms with E-state index in [0.717, 1.165) is 16.9 Å². The normalized spacial score (nSPS) is 15.5. The number of nitrogens with zero attached hydrogens (tertiary/aromatic N) is 2. The zero-order chi connectivity index (χ0) is 14.0. The molecule has 0 atom stereocenters. The standard InChI is InChI=1S/C15H18N2O2/c1-11-8-12(4-5-13(11)19-3)9-17(2)14(18)15(10-16)6-7-15/h4-5,8H,6-7,9H2,1-3H3. The number of hydrogen-bond donors (Lipinski definition) is 0. The first-order valence-electron chi connectivity index (χ1n) is 6.33. The first-order valence-corrected chi connectivity index (χ1v) is 6.33. The Kier molecular flexibility index (Phi) is 3.48. The molecule has 0 unspecified atom stereocenters. The van der Waals surface area contributed by atoms with Crippen molar-refractivity contribution in [2.45, 2.75) is 26.3 Å². The number of amides is 1. The molecule has 1 saturated carbocycles. The van der Waals surface area contributed by atoms with Crippen LogP contribution in [0.3, 0.4) is 0 Å². The lowest BCUT2D eigenvalue weighted by molar-refractivity contribution is -0.134. The molecular weight excluding hydrogens is 240 g/mol. The Morgan fingerprint density at radius 3 is 2.68 bits per heavy atom. The summed E-state index contributed by atoms with van der Waals surface area (Å²) >= 11 is 0. The Balaban J connectivity index is 2.07. The highest BCUT2D eigenvalue weighted by Gasteiger charge is 2.51. The molecule has 1 fully saturated rings. The number of ether oxygens (including phenoxy) is 1. The number of methoxy groups -OCH3 is 1. The van der Waals surface area contributed by atoms with E-state index in [1.807, 2.05) is 25.1 Å². The fourth-order valence-corrected chi connectivity index (χ4v) is 2.25. The molecule has 0 aromatic heterocycles. The van der Waals surface area contributed by atoms with Crippen LogP contribution in [0.15, 0.2) is 18.2 Å². The minimum atomic E-state index is -0.740. The molecule has 1 aliphatic carbocycles. The maximum atomic E-state index is 12.1. The van der Waals surface area contributed by atoms with Gasteiger partial charge < -0.3 is 9.64 Å². The van der Waals surface area contributed by atoms with Crippen LogP contribution in [0.2, 0.25) is 0 Å². The molecule has 1 aliphatic rings. The van der Waals surface area contributed by atoms with E-state index < -0.39 is 5.41 Å². The van der Waals surface area contributed by atoms with Crippen molar-refractivity contribution in [1.82, 2.24) is 4.90 Å². The first-order chi connectivity index (χ1) is 9.02. The van der Waals surface area contributed by atoms with Crippen LogP contribution in [0.5, 0.6) is 5.75 Å². The topological polar surface area (TPSA) is 53.3 Å². The third-order valence-corrected chi connectivity index (χ3v) is 3.60. The second kappa shape index (κ2) is 4.93. The highest BCUT2D eigenvalue weighted by molar-refractivity contribution is 5.88. The van der Waals surface area contributed by atoms with E-state index in [-0.39, 0.29) is 5.91 Å². The molecule has 2 rings (SSSR count). The summed E-state index contributed by atoms with van der Waals surface area (Å²) in [7, 11) is 3.39. The van der Waals surface area contributed by atoms with Gasteiger partial charge in [-0.05, 0) is 37.0 Å². The van der Waals surface area contributed by atoms with Gasteiger partial charge in [-0.3, -0.25) is 4.79 Å². The summed E-state index contributed by atoms with van der Waals surface area (Å²) < 4.78 is 5.21. The molecule has 19 heavy (non-hydrogen) atoms. The number of rotatable bonds is 4. The summed E-state index contributed by atoms with van der Waals surface area (Å²) in [6, 6.07) is 7.99. The molecule has 0 heterocycles. The van der Waals surface area contributed by atoms with Crippen LogP contribution in [0, 0.1) is 23.7 Å². The van der Waals surface area contributed by atoms with Crippen molar-refractivity contribution in [3.63, 3.8) is 0 Å². The molecule has 1 amide bonds. The number of carbonyl (C=O) groups is 1. The molecule has 100 valence electrons. The average molecular weight is 258 g/mol. The third-order valence-electron chi connectivity index (χ3n) is 3.60. The van der Waals surface area contributed by atoms with E-state index in [1.165, 1.54) is 0 Å². The van der Waals surface area contributed by atoms with Crippen LogP contribution in [0.1, 0.15) is 24.0 Å². The van der Waals surface area contributed by atoms with Crippen LogP contribution in [-0.2, 0) is 11.3 Å². The van der Waals surface area contributed by atoms with Gasteiger partial charge in [-0.25, -0.2) is 0 Å². The van der Waals surface area contributed by atoms with Crippen molar-refractivity contribution in [1.29, 1.82) is 5.26 Å². The Morgan fingerprint density at radius 2 is 2.21 bits per heavy atom. The summed E-state index contributed by atoms with van der Waals surface area (Å²) in [5.41, 5.74) is 1.35. The van der Waals surface area contributed by atoms with Gasteiger partial charge in [-0.2, -0.15) is 5.26 Å². The fourth-order valence-electron chi connectivity index (χ4n) is 2.25. The SMILES string of the molecule is COc1ccc(CN(C)C(=O)C2(C#N)CC2)cc1C. The van der Waals surface area contributed by atoms with Gasteiger partial charge in [-0.15, -0.1) is 0 Å². The predicted octanol–water partition coefficient (Wildman–Crippen LogP) is 2.27. The number of aryl methyl sites for hydroxylation is 1. The van der Waals surface area contributed by atoms with Crippen molar-refractivity contribution in [2.75, 3.05) is 14.2 Å². The molecule has 0 aliphatic heterocycles. The maximum Gasteiger partial charge on any atom is 0.243 e. The summed E-state index contributed by atoms with van der Waals surface area (Å²) in [5, 5.41) is 9.04. The molecule has 0 N–H and O–H groups in total. The molecule has 0 spiro atoms. The fraction of sp³-hybridized carbons (Fsp3) is 0.467. The quantitative estimate of drug-likeness (QED) is 0.832. The van der Waals surface area contributed by atoms with Crippen molar-refractivity contribution in [3.8, 4) is 11.8 Å². The van der Waals surface area contributed by atoms with Gasteiger partial charge in [0.1, 0.15) is 11.2 Å². The van der Waals surface area contributed by atoms with Crippen LogP contribution in [0.4, 0.5) is 0 Å². The Morgan fingerprint density at radius 1 is 1.53 bits per heavy atom. The van der Waals surface area contributed by atoms with Gasteiger partial charge >= 0.3 is 0 Å². The molecule has 0 bridgehead atoms. The molecule has 4 nitrogen and oxygen atoms in total. The maximum absolute atomic E-state index is 12.1. The van der Waals surface area contributed by atoms with Crippen molar-refractivity contribution < 1.29 is 9.53 Å². The lowest BCUT2D eigenvalue weighted by Crippen LogP contribution is -2.33. The predicted molar refractivity (Wildman–Crippen MR) is 71.5 cm³/mol. The van der Waals surface area contributed by atoms with E-state index in [9.17, 15) is 4.79 Å². The summed E-state index contributed by atoms with van der Waals surface area (Å²) in [6.45, 7) is 2.49. The number of nitriles is 1. The van der Waals surface area contributed by atoms with Crippen LogP contribution in [-0.4, -0.2) is 25.0 Å². The van der Waals surface area contributed by atoms with E-state index in [2.05, 4.69) is 6.07 Å². The molecule has 0 radical (unpaired) electrons. The van der Waals surface area contributed by atoms with Crippen LogP contribution < -0.4 is 4.74 Å².